The number of carbonyl (C=O) groups is 1. The van der Waals surface area contributed by atoms with Gasteiger partial charge in [0.15, 0.2) is 0 Å². The summed E-state index contributed by atoms with van der Waals surface area (Å²) in [5.74, 6) is -0.323. The van der Waals surface area contributed by atoms with Crippen molar-refractivity contribution in [2.75, 3.05) is 6.61 Å². The van der Waals surface area contributed by atoms with E-state index in [2.05, 4.69) is 10.3 Å². The van der Waals surface area contributed by atoms with Crippen molar-refractivity contribution < 1.29 is 9.90 Å². The molecule has 1 aromatic carbocycles. The van der Waals surface area contributed by atoms with Crippen LogP contribution in [0.3, 0.4) is 0 Å². The van der Waals surface area contributed by atoms with Crippen LogP contribution in [-0.2, 0) is 6.42 Å². The van der Waals surface area contributed by atoms with Crippen molar-refractivity contribution in [1.82, 2.24) is 10.3 Å². The molecule has 2 aromatic rings. The van der Waals surface area contributed by atoms with E-state index in [1.807, 2.05) is 30.3 Å². The number of hydrogen-bond donors (Lipinski definition) is 2. The predicted octanol–water partition coefficient (Wildman–Crippen LogP) is 2.07. The molecule has 1 aromatic heterocycles. The fourth-order valence-corrected chi connectivity index (χ4v) is 1.94. The van der Waals surface area contributed by atoms with Crippen molar-refractivity contribution in [2.45, 2.75) is 12.5 Å². The number of nitrogens with zero attached hydrogens (tertiary/aromatic N) is 1. The summed E-state index contributed by atoms with van der Waals surface area (Å²) in [6, 6.07) is 12.5. The van der Waals surface area contributed by atoms with E-state index in [0.29, 0.717) is 11.4 Å². The van der Waals surface area contributed by atoms with Gasteiger partial charge >= 0.3 is 0 Å². The summed E-state index contributed by atoms with van der Waals surface area (Å²) in [7, 11) is 0. The molecule has 4 nitrogen and oxygen atoms in total. The van der Waals surface area contributed by atoms with Crippen LogP contribution in [0.25, 0.3) is 0 Å². The maximum Gasteiger partial charge on any atom is 0.270 e. The van der Waals surface area contributed by atoms with E-state index in [1.165, 1.54) is 6.20 Å². The first kappa shape index (κ1) is 14.5. The Morgan fingerprint density at radius 3 is 2.60 bits per heavy atom. The Labute approximate surface area is 122 Å². The van der Waals surface area contributed by atoms with E-state index in [0.717, 1.165) is 5.56 Å². The minimum Gasteiger partial charge on any atom is -0.394 e. The van der Waals surface area contributed by atoms with Crippen LogP contribution >= 0.6 is 11.6 Å². The number of carbonyl (C=O) groups excluding carboxylic acids is 1. The van der Waals surface area contributed by atoms with Gasteiger partial charge in [-0.25, -0.2) is 4.98 Å². The highest BCUT2D eigenvalue weighted by molar-refractivity contribution is 6.30. The topological polar surface area (TPSA) is 62.2 Å². The zero-order chi connectivity index (χ0) is 14.4. The highest BCUT2D eigenvalue weighted by Gasteiger charge is 2.14. The van der Waals surface area contributed by atoms with E-state index in [-0.39, 0.29) is 24.2 Å². The van der Waals surface area contributed by atoms with Crippen molar-refractivity contribution in [3.63, 3.8) is 0 Å². The Kier molecular flexibility index (Phi) is 5.09. The van der Waals surface area contributed by atoms with Gasteiger partial charge in [0.2, 0.25) is 0 Å². The van der Waals surface area contributed by atoms with Crippen LogP contribution in [0.15, 0.2) is 48.7 Å². The third-order valence-electron chi connectivity index (χ3n) is 2.84. The summed E-state index contributed by atoms with van der Waals surface area (Å²) in [5, 5.41) is 12.6. The van der Waals surface area contributed by atoms with Gasteiger partial charge in [-0.1, -0.05) is 41.9 Å². The van der Waals surface area contributed by atoms with Gasteiger partial charge in [0, 0.05) is 6.20 Å². The number of aliphatic hydroxyl groups excluding tert-OH is 1. The van der Waals surface area contributed by atoms with Crippen LogP contribution in [0.2, 0.25) is 5.02 Å². The quantitative estimate of drug-likeness (QED) is 0.886. The maximum absolute atomic E-state index is 12.0. The normalized spacial score (nSPS) is 11.9. The second-order valence-electron chi connectivity index (χ2n) is 4.40. The molecule has 1 amide bonds. The molecule has 1 atom stereocenters. The van der Waals surface area contributed by atoms with Gasteiger partial charge in [-0.15, -0.1) is 0 Å². The number of aliphatic hydroxyl groups is 1. The third-order valence-corrected chi connectivity index (χ3v) is 3.06. The zero-order valence-corrected chi connectivity index (χ0v) is 11.5. The van der Waals surface area contributed by atoms with E-state index in [9.17, 15) is 9.90 Å². The average molecular weight is 291 g/mol. The first-order valence-electron chi connectivity index (χ1n) is 6.26. The highest BCUT2D eigenvalue weighted by Crippen LogP contribution is 2.07. The summed E-state index contributed by atoms with van der Waals surface area (Å²) < 4.78 is 0. The molecule has 0 bridgehead atoms. The van der Waals surface area contributed by atoms with E-state index < -0.39 is 0 Å². The van der Waals surface area contributed by atoms with Gasteiger partial charge in [0.25, 0.3) is 5.91 Å². The summed E-state index contributed by atoms with van der Waals surface area (Å²) >= 11 is 5.72. The molecule has 0 fully saturated rings. The Morgan fingerprint density at radius 2 is 2.00 bits per heavy atom. The van der Waals surface area contributed by atoms with Crippen molar-refractivity contribution in [3.05, 3.63) is 64.9 Å². The highest BCUT2D eigenvalue weighted by atomic mass is 35.5. The molecule has 0 spiro atoms. The number of benzene rings is 1. The SMILES string of the molecule is O=C(N[C@H](CO)Cc1ccccc1)c1ccc(Cl)cn1. The van der Waals surface area contributed by atoms with Crippen molar-refractivity contribution >= 4 is 17.5 Å². The molecule has 0 saturated heterocycles. The Balaban J connectivity index is 1.99. The average Bonchev–Trinajstić information content (AvgIpc) is 2.48. The molecule has 0 aliphatic carbocycles. The number of halogens is 1. The van der Waals surface area contributed by atoms with Crippen molar-refractivity contribution in [2.24, 2.45) is 0 Å². The second-order valence-corrected chi connectivity index (χ2v) is 4.84. The largest absolute Gasteiger partial charge is 0.394 e. The molecule has 20 heavy (non-hydrogen) atoms. The van der Waals surface area contributed by atoms with E-state index in [1.54, 1.807) is 12.1 Å². The lowest BCUT2D eigenvalue weighted by molar-refractivity contribution is 0.0911. The molecule has 2 rings (SSSR count). The lowest BCUT2D eigenvalue weighted by Crippen LogP contribution is -2.39. The first-order chi connectivity index (χ1) is 9.69. The Morgan fingerprint density at radius 1 is 1.25 bits per heavy atom. The molecule has 0 aliphatic heterocycles. The fourth-order valence-electron chi connectivity index (χ4n) is 1.83. The van der Waals surface area contributed by atoms with Gasteiger partial charge < -0.3 is 10.4 Å². The van der Waals surface area contributed by atoms with Gasteiger partial charge in [0.05, 0.1) is 17.7 Å². The van der Waals surface area contributed by atoms with Crippen molar-refractivity contribution in [1.29, 1.82) is 0 Å². The minimum atomic E-state index is -0.345. The van der Waals surface area contributed by atoms with Gasteiger partial charge in [-0.2, -0.15) is 0 Å². The lowest BCUT2D eigenvalue weighted by atomic mass is 10.1. The smallest absolute Gasteiger partial charge is 0.270 e. The Bertz CT molecular complexity index is 558. The van der Waals surface area contributed by atoms with Gasteiger partial charge in [-0.3, -0.25) is 4.79 Å². The molecule has 0 unspecified atom stereocenters. The molecule has 0 aliphatic rings. The van der Waals surface area contributed by atoms with Crippen LogP contribution in [0.4, 0.5) is 0 Å². The fraction of sp³-hybridized carbons (Fsp3) is 0.200. The first-order valence-corrected chi connectivity index (χ1v) is 6.64. The van der Waals surface area contributed by atoms with E-state index in [4.69, 9.17) is 11.6 Å². The van der Waals surface area contributed by atoms with Crippen LogP contribution in [-0.4, -0.2) is 28.6 Å². The second kappa shape index (κ2) is 7.03. The van der Waals surface area contributed by atoms with Crippen LogP contribution < -0.4 is 5.32 Å². The number of nitrogens with one attached hydrogen (secondary N) is 1. The minimum absolute atomic E-state index is 0.131. The number of pyridine rings is 1. The lowest BCUT2D eigenvalue weighted by Gasteiger charge is -2.16. The molecule has 0 saturated carbocycles. The summed E-state index contributed by atoms with van der Waals surface area (Å²) in [6.07, 6.45) is 1.98. The zero-order valence-electron chi connectivity index (χ0n) is 10.8. The predicted molar refractivity (Wildman–Crippen MR) is 77.7 cm³/mol. The molecule has 104 valence electrons. The third kappa shape index (κ3) is 4.05. The molecule has 0 radical (unpaired) electrons. The molecular formula is C15H15ClN2O2. The van der Waals surface area contributed by atoms with Crippen LogP contribution in [0.5, 0.6) is 0 Å². The monoisotopic (exact) mass is 290 g/mol. The Hall–Kier alpha value is -1.91. The van der Waals surface area contributed by atoms with Crippen molar-refractivity contribution in [3.8, 4) is 0 Å². The number of hydrogen-bond acceptors (Lipinski definition) is 3. The summed E-state index contributed by atoms with van der Waals surface area (Å²) in [6.45, 7) is -0.131. The molecule has 1 heterocycles. The van der Waals surface area contributed by atoms with Crippen LogP contribution in [0.1, 0.15) is 16.1 Å². The summed E-state index contributed by atoms with van der Waals surface area (Å²) in [4.78, 5) is 15.9. The standard InChI is InChI=1S/C15H15ClN2O2/c16-12-6-7-14(17-9-12)15(20)18-13(10-19)8-11-4-2-1-3-5-11/h1-7,9,13,19H,8,10H2,(H,18,20)/t13-/m0/s1. The molecule has 5 heteroatoms. The van der Waals surface area contributed by atoms with Gasteiger partial charge in [0.1, 0.15) is 5.69 Å². The summed E-state index contributed by atoms with van der Waals surface area (Å²) in [5.41, 5.74) is 1.33. The van der Waals surface area contributed by atoms with Gasteiger partial charge in [-0.05, 0) is 24.1 Å². The maximum atomic E-state index is 12.0. The number of aromatic nitrogens is 1. The van der Waals surface area contributed by atoms with Crippen LogP contribution in [0, 0.1) is 0 Å². The number of amides is 1. The molecule has 2 N–H and O–H groups in total. The number of rotatable bonds is 5. The molecular weight excluding hydrogens is 276 g/mol. The van der Waals surface area contributed by atoms with E-state index >= 15 is 0 Å².